The fraction of sp³-hybridized carbons (Fsp3) is 0.594. The van der Waals surface area contributed by atoms with Crippen molar-refractivity contribution in [1.82, 2.24) is 4.90 Å². The molecule has 2 bridgehead atoms. The van der Waals surface area contributed by atoms with Crippen molar-refractivity contribution in [1.29, 1.82) is 0 Å². The van der Waals surface area contributed by atoms with Crippen LogP contribution >= 0.6 is 0 Å². The molecule has 3 fully saturated rings. The Morgan fingerprint density at radius 3 is 2.32 bits per heavy atom. The summed E-state index contributed by atoms with van der Waals surface area (Å²) in [5.74, 6) is -3.10. The molecule has 3 aliphatic rings. The zero-order valence-corrected chi connectivity index (χ0v) is 25.0. The lowest BCUT2D eigenvalue weighted by Crippen LogP contribution is -2.60. The number of fused-ring (bicyclic) bond motifs is 1. The summed E-state index contributed by atoms with van der Waals surface area (Å²) in [5.41, 5.74) is -0.440. The molecule has 0 radical (unpaired) electrons. The highest BCUT2D eigenvalue weighted by Crippen LogP contribution is 2.64. The number of nitrogens with zero attached hydrogens (tertiary/aromatic N) is 3. The van der Waals surface area contributed by atoms with Gasteiger partial charge in [-0.25, -0.2) is 0 Å². The SMILES string of the molecule is C=CCOC(=O)[C@H]1[C@H]2C(=O)N([C@@H](CO)C(C)C)C(C(=O)N(CC=C)c3ccc(N(CC)CC)cc3)C23CC[C@]1(C)O3. The number of ether oxygens (including phenoxy) is 2. The van der Waals surface area contributed by atoms with Gasteiger partial charge >= 0.3 is 5.97 Å². The van der Waals surface area contributed by atoms with Crippen molar-refractivity contribution in [3.8, 4) is 0 Å². The van der Waals surface area contributed by atoms with Gasteiger partial charge < -0.3 is 29.3 Å². The van der Waals surface area contributed by atoms with Crippen LogP contribution in [-0.4, -0.2) is 83.9 Å². The molecule has 0 aromatic heterocycles. The van der Waals surface area contributed by atoms with E-state index in [1.165, 1.54) is 11.0 Å². The number of likely N-dealkylation sites (tertiary alicyclic amines) is 1. The molecule has 3 heterocycles. The van der Waals surface area contributed by atoms with Crippen LogP contribution in [0.25, 0.3) is 0 Å². The van der Waals surface area contributed by atoms with Crippen LogP contribution in [0.3, 0.4) is 0 Å². The van der Waals surface area contributed by atoms with E-state index in [0.29, 0.717) is 18.5 Å². The van der Waals surface area contributed by atoms with E-state index in [9.17, 15) is 19.5 Å². The predicted octanol–water partition coefficient (Wildman–Crippen LogP) is 3.56. The van der Waals surface area contributed by atoms with Crippen LogP contribution in [0.4, 0.5) is 11.4 Å². The molecule has 4 rings (SSSR count). The van der Waals surface area contributed by atoms with Crippen molar-refractivity contribution >= 4 is 29.2 Å². The number of carbonyl (C=O) groups is 3. The summed E-state index contributed by atoms with van der Waals surface area (Å²) >= 11 is 0. The zero-order valence-electron chi connectivity index (χ0n) is 25.0. The van der Waals surface area contributed by atoms with E-state index in [1.54, 1.807) is 11.0 Å². The molecule has 9 nitrogen and oxygen atoms in total. The summed E-state index contributed by atoms with van der Waals surface area (Å²) in [6, 6.07) is 6.12. The van der Waals surface area contributed by atoms with E-state index in [0.717, 1.165) is 18.8 Å². The summed E-state index contributed by atoms with van der Waals surface area (Å²) < 4.78 is 12.1. The lowest BCUT2D eigenvalue weighted by atomic mass is 9.66. The fourth-order valence-corrected chi connectivity index (χ4v) is 7.24. The Morgan fingerprint density at radius 1 is 1.15 bits per heavy atom. The highest BCUT2D eigenvalue weighted by Gasteiger charge is 2.79. The normalized spacial score (nSPS) is 28.9. The molecule has 3 saturated heterocycles. The van der Waals surface area contributed by atoms with Gasteiger partial charge in [-0.15, -0.1) is 6.58 Å². The number of carbonyl (C=O) groups excluding carboxylic acids is 3. The molecule has 0 aliphatic carbocycles. The van der Waals surface area contributed by atoms with Gasteiger partial charge in [0.1, 0.15) is 24.2 Å². The van der Waals surface area contributed by atoms with Gasteiger partial charge in [-0.3, -0.25) is 14.4 Å². The third-order valence-electron chi connectivity index (χ3n) is 9.23. The van der Waals surface area contributed by atoms with Crippen LogP contribution in [0.15, 0.2) is 49.6 Å². The minimum absolute atomic E-state index is 0.0211. The minimum atomic E-state index is -1.22. The molecular weight excluding hydrogens is 522 g/mol. The van der Waals surface area contributed by atoms with Crippen molar-refractivity contribution in [2.75, 3.05) is 42.6 Å². The Morgan fingerprint density at radius 2 is 1.78 bits per heavy atom. The maximum absolute atomic E-state index is 14.7. The molecule has 224 valence electrons. The van der Waals surface area contributed by atoms with E-state index < -0.39 is 41.1 Å². The number of hydrogen-bond donors (Lipinski definition) is 1. The third-order valence-corrected chi connectivity index (χ3v) is 9.23. The molecular formula is C32H45N3O6. The topological polar surface area (TPSA) is 99.6 Å². The van der Waals surface area contributed by atoms with Crippen LogP contribution in [0.5, 0.6) is 0 Å². The number of amides is 2. The molecule has 1 spiro atoms. The first kappa shape index (κ1) is 30.8. The summed E-state index contributed by atoms with van der Waals surface area (Å²) in [7, 11) is 0. The van der Waals surface area contributed by atoms with E-state index in [1.807, 2.05) is 45.0 Å². The number of esters is 1. The van der Waals surface area contributed by atoms with Crippen molar-refractivity contribution < 1.29 is 29.0 Å². The monoisotopic (exact) mass is 567 g/mol. The highest BCUT2D eigenvalue weighted by atomic mass is 16.6. The first-order valence-corrected chi connectivity index (χ1v) is 14.7. The van der Waals surface area contributed by atoms with Gasteiger partial charge in [0, 0.05) is 31.0 Å². The Labute approximate surface area is 243 Å². The van der Waals surface area contributed by atoms with E-state index in [2.05, 4.69) is 31.9 Å². The standard InChI is InChI=1S/C32H45N3O6/c1-8-18-34(23-14-12-22(13-15-23)33(10-3)11-4)29(38)27-32-17-16-31(7,41-32)26(30(39)40-19-9-2)25(32)28(37)35(27)24(20-36)21(5)6/h8-9,12-15,21,24-27,36H,1-2,10-11,16-20H2,3-7H3/t24-,25-,26+,27?,31-,32?/m0/s1. The molecule has 9 heteroatoms. The van der Waals surface area contributed by atoms with Crippen LogP contribution in [0, 0.1) is 17.8 Å². The Balaban J connectivity index is 1.81. The molecule has 1 aromatic carbocycles. The number of benzene rings is 1. The molecule has 2 amide bonds. The van der Waals surface area contributed by atoms with Gasteiger partial charge in [0.05, 0.1) is 24.2 Å². The maximum atomic E-state index is 14.7. The average Bonchev–Trinajstić information content (AvgIpc) is 3.52. The van der Waals surface area contributed by atoms with Crippen LogP contribution < -0.4 is 9.80 Å². The van der Waals surface area contributed by atoms with Crippen LogP contribution in [-0.2, 0) is 23.9 Å². The van der Waals surface area contributed by atoms with E-state index in [4.69, 9.17) is 9.47 Å². The second-order valence-corrected chi connectivity index (χ2v) is 11.8. The highest BCUT2D eigenvalue weighted by molar-refractivity contribution is 6.05. The van der Waals surface area contributed by atoms with Gasteiger partial charge in [-0.05, 0) is 63.8 Å². The van der Waals surface area contributed by atoms with Crippen LogP contribution in [0.1, 0.15) is 47.5 Å². The van der Waals surface area contributed by atoms with Gasteiger partial charge in [-0.1, -0.05) is 32.6 Å². The van der Waals surface area contributed by atoms with Crippen molar-refractivity contribution in [3.63, 3.8) is 0 Å². The quantitative estimate of drug-likeness (QED) is 0.287. The number of rotatable bonds is 13. The minimum Gasteiger partial charge on any atom is -0.461 e. The lowest BCUT2D eigenvalue weighted by molar-refractivity contribution is -0.160. The Kier molecular flexibility index (Phi) is 8.99. The van der Waals surface area contributed by atoms with Crippen molar-refractivity contribution in [3.05, 3.63) is 49.6 Å². The lowest BCUT2D eigenvalue weighted by Gasteiger charge is -2.40. The zero-order chi connectivity index (χ0) is 30.1. The van der Waals surface area contributed by atoms with E-state index in [-0.39, 0.29) is 37.5 Å². The number of hydrogen-bond acceptors (Lipinski definition) is 7. The largest absolute Gasteiger partial charge is 0.461 e. The average molecular weight is 568 g/mol. The molecule has 6 atom stereocenters. The first-order chi connectivity index (χ1) is 19.5. The van der Waals surface area contributed by atoms with Gasteiger partial charge in [0.15, 0.2) is 0 Å². The Bertz CT molecular complexity index is 1160. The van der Waals surface area contributed by atoms with Gasteiger partial charge in [0.2, 0.25) is 5.91 Å². The second-order valence-electron chi connectivity index (χ2n) is 11.8. The predicted molar refractivity (Wildman–Crippen MR) is 158 cm³/mol. The molecule has 2 unspecified atom stereocenters. The summed E-state index contributed by atoms with van der Waals surface area (Å²) in [6.07, 6.45) is 4.09. The smallest absolute Gasteiger partial charge is 0.313 e. The summed E-state index contributed by atoms with van der Waals surface area (Å²) in [5, 5.41) is 10.5. The Hall–Kier alpha value is -3.17. The summed E-state index contributed by atoms with van der Waals surface area (Å²) in [6.45, 7) is 19.0. The molecule has 41 heavy (non-hydrogen) atoms. The number of aliphatic hydroxyl groups excluding tert-OH is 1. The number of anilines is 2. The fourth-order valence-electron chi connectivity index (χ4n) is 7.24. The third kappa shape index (κ3) is 4.97. The molecule has 0 saturated carbocycles. The number of aliphatic hydroxyl groups is 1. The van der Waals surface area contributed by atoms with Crippen molar-refractivity contribution in [2.24, 2.45) is 17.8 Å². The molecule has 1 aromatic rings. The second kappa shape index (κ2) is 12.0. The maximum Gasteiger partial charge on any atom is 0.313 e. The summed E-state index contributed by atoms with van der Waals surface area (Å²) in [4.78, 5) is 47.8. The van der Waals surface area contributed by atoms with Crippen molar-refractivity contribution in [2.45, 2.75) is 70.7 Å². The van der Waals surface area contributed by atoms with Gasteiger partial charge in [-0.2, -0.15) is 0 Å². The molecule has 1 N–H and O–H groups in total. The van der Waals surface area contributed by atoms with E-state index >= 15 is 0 Å². The first-order valence-electron chi connectivity index (χ1n) is 14.7. The van der Waals surface area contributed by atoms with Crippen LogP contribution in [0.2, 0.25) is 0 Å². The molecule has 3 aliphatic heterocycles. The van der Waals surface area contributed by atoms with Gasteiger partial charge in [0.25, 0.3) is 5.91 Å².